The van der Waals surface area contributed by atoms with Crippen LogP contribution in [0.25, 0.3) is 0 Å². The summed E-state index contributed by atoms with van der Waals surface area (Å²) in [6.07, 6.45) is 16.2. The maximum absolute atomic E-state index is 14.9. The molecule has 184 valence electrons. The second-order valence-corrected chi connectivity index (χ2v) is 12.6. The highest BCUT2D eigenvalue weighted by Crippen LogP contribution is 2.67. The first-order valence-corrected chi connectivity index (χ1v) is 13.7. The average Bonchev–Trinajstić information content (AvgIpc) is 3.14. The van der Waals surface area contributed by atoms with Crippen LogP contribution in [0.1, 0.15) is 98.3 Å². The van der Waals surface area contributed by atoms with Gasteiger partial charge in [0.05, 0.1) is 12.8 Å². The Morgan fingerprint density at radius 3 is 2.59 bits per heavy atom. The Labute approximate surface area is 197 Å². The Kier molecular flexibility index (Phi) is 7.77. The van der Waals surface area contributed by atoms with E-state index in [1.807, 2.05) is 0 Å². The van der Waals surface area contributed by atoms with Crippen molar-refractivity contribution < 1.29 is 13.9 Å². The molecule has 0 aromatic carbocycles. The van der Waals surface area contributed by atoms with Gasteiger partial charge in [-0.15, -0.1) is 0 Å². The van der Waals surface area contributed by atoms with E-state index in [0.717, 1.165) is 42.9 Å². The number of rotatable bonds is 9. The maximum atomic E-state index is 14.9. The lowest BCUT2D eigenvalue weighted by molar-refractivity contribution is -0.105. The summed E-state index contributed by atoms with van der Waals surface area (Å²) < 4.78 is 25.9. The molecular weight excluding hydrogens is 399 g/mol. The molecule has 3 fully saturated rings. The van der Waals surface area contributed by atoms with Gasteiger partial charge in [-0.1, -0.05) is 58.6 Å². The van der Waals surface area contributed by atoms with Gasteiger partial charge in [-0.25, -0.2) is 0 Å². The third kappa shape index (κ3) is 4.35. The summed E-state index contributed by atoms with van der Waals surface area (Å²) in [6.45, 7) is 10.0. The van der Waals surface area contributed by atoms with Crippen molar-refractivity contribution in [2.75, 3.05) is 20.6 Å². The first kappa shape index (κ1) is 24.7. The molecule has 0 bridgehead atoms. The highest BCUT2D eigenvalue weighted by atomic mass is 19.1. The smallest absolute Gasteiger partial charge is 0.146 e. The van der Waals surface area contributed by atoms with Crippen LogP contribution in [-0.4, -0.2) is 26.7 Å². The van der Waals surface area contributed by atoms with Crippen LogP contribution in [0.5, 0.6) is 0 Å². The fourth-order valence-electron chi connectivity index (χ4n) is 9.00. The van der Waals surface area contributed by atoms with Crippen molar-refractivity contribution in [3.63, 3.8) is 0 Å². The molecule has 0 amide bonds. The molecular formula is C29H49FO2. The summed E-state index contributed by atoms with van der Waals surface area (Å²) in [5.74, 6) is 4.55. The summed E-state index contributed by atoms with van der Waals surface area (Å²) in [5.41, 5.74) is 1.66. The maximum Gasteiger partial charge on any atom is 0.146 e. The van der Waals surface area contributed by atoms with Crippen LogP contribution >= 0.6 is 0 Å². The van der Waals surface area contributed by atoms with Gasteiger partial charge >= 0.3 is 0 Å². The molecule has 3 heteroatoms. The van der Waals surface area contributed by atoms with Crippen LogP contribution < -0.4 is 0 Å². The minimum atomic E-state index is -0.196. The second kappa shape index (κ2) is 10.1. The standard InChI is InChI=1S/C29H49FO2/c1-20(2)7-6-8-21(3)25-11-12-26-24-10-9-22-17-23(32-19-31-5)13-16-29(22,18-30)27(24)14-15-28(25,26)4/h9,20-21,23-27H,6-8,10-19H2,1-5H3/t21-,23+,24+,25-,26+,27+,28-,29-/m1/s1. The van der Waals surface area contributed by atoms with Crippen molar-refractivity contribution in [3.05, 3.63) is 11.6 Å². The molecule has 0 spiro atoms. The predicted octanol–water partition coefficient (Wildman–Crippen LogP) is 7.97. The monoisotopic (exact) mass is 448 g/mol. The Balaban J connectivity index is 1.48. The van der Waals surface area contributed by atoms with E-state index in [1.165, 1.54) is 56.9 Å². The van der Waals surface area contributed by atoms with Crippen LogP contribution in [0.2, 0.25) is 0 Å². The van der Waals surface area contributed by atoms with Gasteiger partial charge in [0.25, 0.3) is 0 Å². The zero-order valence-electron chi connectivity index (χ0n) is 21.5. The van der Waals surface area contributed by atoms with E-state index in [-0.39, 0.29) is 18.2 Å². The summed E-state index contributed by atoms with van der Waals surface area (Å²) in [6, 6.07) is 0. The van der Waals surface area contributed by atoms with Gasteiger partial charge in [0, 0.05) is 12.5 Å². The quantitative estimate of drug-likeness (QED) is 0.263. The van der Waals surface area contributed by atoms with Crippen LogP contribution in [0, 0.1) is 46.3 Å². The van der Waals surface area contributed by atoms with Crippen molar-refractivity contribution in [3.8, 4) is 0 Å². The van der Waals surface area contributed by atoms with Gasteiger partial charge < -0.3 is 9.47 Å². The minimum Gasteiger partial charge on any atom is -0.359 e. The van der Waals surface area contributed by atoms with Gasteiger partial charge in [0.15, 0.2) is 0 Å². The Morgan fingerprint density at radius 2 is 1.88 bits per heavy atom. The molecule has 2 nitrogen and oxygen atoms in total. The zero-order chi connectivity index (χ0) is 22.9. The van der Waals surface area contributed by atoms with E-state index in [2.05, 4.69) is 33.8 Å². The van der Waals surface area contributed by atoms with Crippen molar-refractivity contribution in [2.45, 2.75) is 104 Å². The van der Waals surface area contributed by atoms with Crippen LogP contribution in [0.3, 0.4) is 0 Å². The molecule has 0 aliphatic heterocycles. The lowest BCUT2D eigenvalue weighted by atomic mass is 9.46. The molecule has 32 heavy (non-hydrogen) atoms. The van der Waals surface area contributed by atoms with E-state index < -0.39 is 0 Å². The lowest BCUT2D eigenvalue weighted by Gasteiger charge is -2.58. The van der Waals surface area contributed by atoms with Crippen molar-refractivity contribution >= 4 is 0 Å². The van der Waals surface area contributed by atoms with Crippen molar-refractivity contribution in [2.24, 2.45) is 46.3 Å². The molecule has 4 aliphatic rings. The average molecular weight is 449 g/mol. The van der Waals surface area contributed by atoms with E-state index in [4.69, 9.17) is 9.47 Å². The van der Waals surface area contributed by atoms with Gasteiger partial charge in [-0.2, -0.15) is 0 Å². The number of methoxy groups -OCH3 is 1. The van der Waals surface area contributed by atoms with E-state index in [1.54, 1.807) is 7.11 Å². The first-order chi connectivity index (χ1) is 15.4. The fraction of sp³-hybridized carbons (Fsp3) is 0.931. The topological polar surface area (TPSA) is 18.5 Å². The highest BCUT2D eigenvalue weighted by Gasteiger charge is 2.60. The number of ether oxygens (including phenoxy) is 2. The minimum absolute atomic E-state index is 0.171. The Morgan fingerprint density at radius 1 is 1.06 bits per heavy atom. The number of hydrogen-bond donors (Lipinski definition) is 0. The van der Waals surface area contributed by atoms with Gasteiger partial charge in [-0.05, 0) is 92.3 Å². The predicted molar refractivity (Wildman–Crippen MR) is 130 cm³/mol. The van der Waals surface area contributed by atoms with Crippen molar-refractivity contribution in [1.82, 2.24) is 0 Å². The summed E-state index contributed by atoms with van der Waals surface area (Å²) in [5, 5.41) is 0. The Bertz CT molecular complexity index is 660. The van der Waals surface area contributed by atoms with Crippen LogP contribution in [0.15, 0.2) is 11.6 Å². The largest absolute Gasteiger partial charge is 0.359 e. The summed E-state index contributed by atoms with van der Waals surface area (Å²) >= 11 is 0. The molecule has 4 aliphatic carbocycles. The van der Waals surface area contributed by atoms with E-state index in [9.17, 15) is 4.39 Å². The number of fused-ring (bicyclic) bond motifs is 5. The second-order valence-electron chi connectivity index (χ2n) is 12.6. The molecule has 0 heterocycles. The molecule has 0 aromatic heterocycles. The normalized spacial score (nSPS) is 42.2. The molecule has 0 aromatic rings. The third-order valence-corrected chi connectivity index (χ3v) is 10.6. The molecule has 0 saturated heterocycles. The molecule has 4 rings (SSSR count). The van der Waals surface area contributed by atoms with Gasteiger partial charge in [0.1, 0.15) is 6.79 Å². The van der Waals surface area contributed by atoms with E-state index in [0.29, 0.717) is 24.0 Å². The number of alkyl halides is 1. The fourth-order valence-corrected chi connectivity index (χ4v) is 9.00. The van der Waals surface area contributed by atoms with Crippen LogP contribution in [-0.2, 0) is 9.47 Å². The third-order valence-electron chi connectivity index (χ3n) is 10.6. The molecule has 8 atom stereocenters. The molecule has 3 saturated carbocycles. The molecule has 0 unspecified atom stereocenters. The van der Waals surface area contributed by atoms with Crippen molar-refractivity contribution in [1.29, 1.82) is 0 Å². The number of hydrogen-bond acceptors (Lipinski definition) is 2. The zero-order valence-corrected chi connectivity index (χ0v) is 21.5. The molecule has 0 radical (unpaired) electrons. The number of allylic oxidation sites excluding steroid dienone is 1. The summed E-state index contributed by atoms with van der Waals surface area (Å²) in [4.78, 5) is 0. The van der Waals surface area contributed by atoms with Gasteiger partial charge in [0.2, 0.25) is 0 Å². The highest BCUT2D eigenvalue weighted by molar-refractivity contribution is 5.27. The Hall–Kier alpha value is -0.410. The van der Waals surface area contributed by atoms with Gasteiger partial charge in [-0.3, -0.25) is 4.39 Å². The SMILES string of the molecule is COCO[C@H]1CC[C@@]2(CF)C(=CC[C@@H]3[C@@H]2CC[C@]2(C)[C@@H]([C@H](C)CCCC(C)C)CC[C@@H]32)C1. The summed E-state index contributed by atoms with van der Waals surface area (Å²) in [7, 11) is 1.68. The number of halogens is 1. The molecule has 0 N–H and O–H groups in total. The van der Waals surface area contributed by atoms with E-state index >= 15 is 0 Å². The first-order valence-electron chi connectivity index (χ1n) is 13.7. The van der Waals surface area contributed by atoms with Crippen LogP contribution in [0.4, 0.5) is 4.39 Å². The lowest BCUT2D eigenvalue weighted by Crippen LogP contribution is -2.53.